The molecular formula is C12H13N3O4. The van der Waals surface area contributed by atoms with Crippen LogP contribution in [0.2, 0.25) is 0 Å². The van der Waals surface area contributed by atoms with Crippen LogP contribution in [0.5, 0.6) is 5.75 Å². The Morgan fingerprint density at radius 3 is 2.58 bits per heavy atom. The number of nitro groups is 1. The highest BCUT2D eigenvalue weighted by molar-refractivity contribution is 5.43. The molecule has 0 atom stereocenters. The first-order valence-electron chi connectivity index (χ1n) is 5.54. The molecule has 0 aliphatic rings. The number of ether oxygens (including phenoxy) is 1. The van der Waals surface area contributed by atoms with Gasteiger partial charge in [0.15, 0.2) is 0 Å². The topological polar surface area (TPSA) is 79.3 Å². The third-order valence-corrected chi connectivity index (χ3v) is 3.00. The van der Waals surface area contributed by atoms with Gasteiger partial charge in [0.25, 0.3) is 0 Å². The maximum atomic E-state index is 12.1. The minimum atomic E-state index is -0.658. The van der Waals surface area contributed by atoms with Crippen molar-refractivity contribution in [2.24, 2.45) is 7.05 Å². The molecule has 7 heteroatoms. The molecule has 0 fully saturated rings. The number of aromatic nitrogens is 2. The minimum absolute atomic E-state index is 0.304. The number of rotatable bonds is 3. The molecule has 19 heavy (non-hydrogen) atoms. The van der Waals surface area contributed by atoms with Crippen molar-refractivity contribution in [1.82, 2.24) is 9.36 Å². The summed E-state index contributed by atoms with van der Waals surface area (Å²) in [5, 5.41) is 10.9. The molecule has 0 radical (unpaired) electrons. The fourth-order valence-electron chi connectivity index (χ4n) is 1.94. The van der Waals surface area contributed by atoms with E-state index in [0.29, 0.717) is 17.1 Å². The van der Waals surface area contributed by atoms with Crippen molar-refractivity contribution in [3.8, 4) is 11.4 Å². The lowest BCUT2D eigenvalue weighted by Crippen LogP contribution is -2.20. The van der Waals surface area contributed by atoms with Gasteiger partial charge < -0.3 is 4.74 Å². The second-order valence-electron chi connectivity index (χ2n) is 4.03. The first kappa shape index (κ1) is 12.9. The first-order valence-corrected chi connectivity index (χ1v) is 5.54. The Labute approximate surface area is 108 Å². The van der Waals surface area contributed by atoms with Gasteiger partial charge in [-0.15, -0.1) is 0 Å². The van der Waals surface area contributed by atoms with Crippen molar-refractivity contribution in [1.29, 1.82) is 0 Å². The van der Waals surface area contributed by atoms with Gasteiger partial charge in [0.05, 0.1) is 17.7 Å². The molecule has 0 spiro atoms. The zero-order chi connectivity index (χ0) is 14.2. The molecule has 1 aromatic carbocycles. The Balaban J connectivity index is 2.73. The molecule has 0 saturated carbocycles. The monoisotopic (exact) mass is 263 g/mol. The van der Waals surface area contributed by atoms with E-state index in [0.717, 1.165) is 0 Å². The Morgan fingerprint density at radius 1 is 1.37 bits per heavy atom. The Bertz CT molecular complexity index is 699. The van der Waals surface area contributed by atoms with E-state index in [2.05, 4.69) is 0 Å². The standard InChI is InChI=1S/C12H13N3O4/c1-8-11(15(17)18)12(16)14(13(8)2)9-5-4-6-10(7-9)19-3/h4-7H,1-3H3. The number of hydrogen-bond donors (Lipinski definition) is 0. The second-order valence-corrected chi connectivity index (χ2v) is 4.03. The molecule has 1 aromatic heterocycles. The molecule has 100 valence electrons. The molecule has 2 rings (SSSR count). The first-order chi connectivity index (χ1) is 8.97. The Morgan fingerprint density at radius 2 is 2.05 bits per heavy atom. The molecule has 0 amide bonds. The highest BCUT2D eigenvalue weighted by Gasteiger charge is 2.25. The van der Waals surface area contributed by atoms with Gasteiger partial charge in [-0.3, -0.25) is 19.6 Å². The van der Waals surface area contributed by atoms with Gasteiger partial charge >= 0.3 is 11.2 Å². The van der Waals surface area contributed by atoms with Crippen LogP contribution in [0.25, 0.3) is 5.69 Å². The highest BCUT2D eigenvalue weighted by atomic mass is 16.6. The summed E-state index contributed by atoms with van der Waals surface area (Å²) < 4.78 is 7.78. The van der Waals surface area contributed by atoms with E-state index >= 15 is 0 Å². The van der Waals surface area contributed by atoms with Crippen LogP contribution in [0.15, 0.2) is 29.1 Å². The summed E-state index contributed by atoms with van der Waals surface area (Å²) in [6.45, 7) is 1.54. The largest absolute Gasteiger partial charge is 0.497 e. The van der Waals surface area contributed by atoms with Crippen LogP contribution in [-0.4, -0.2) is 21.4 Å². The molecule has 0 saturated heterocycles. The fourth-order valence-corrected chi connectivity index (χ4v) is 1.94. The molecule has 7 nitrogen and oxygen atoms in total. The third kappa shape index (κ3) is 1.99. The van der Waals surface area contributed by atoms with Crippen LogP contribution in [-0.2, 0) is 7.05 Å². The predicted molar refractivity (Wildman–Crippen MR) is 69.0 cm³/mol. The van der Waals surface area contributed by atoms with E-state index in [9.17, 15) is 14.9 Å². The van der Waals surface area contributed by atoms with Gasteiger partial charge in [0.2, 0.25) is 0 Å². The fraction of sp³-hybridized carbons (Fsp3) is 0.250. The molecular weight excluding hydrogens is 250 g/mol. The molecule has 0 unspecified atom stereocenters. The summed E-state index contributed by atoms with van der Waals surface area (Å²) in [6.07, 6.45) is 0. The summed E-state index contributed by atoms with van der Waals surface area (Å²) in [5.41, 5.74) is -0.246. The van der Waals surface area contributed by atoms with E-state index < -0.39 is 16.2 Å². The van der Waals surface area contributed by atoms with Crippen LogP contribution < -0.4 is 10.3 Å². The molecule has 0 aliphatic heterocycles. The van der Waals surface area contributed by atoms with Crippen molar-refractivity contribution in [3.63, 3.8) is 0 Å². The van der Waals surface area contributed by atoms with Crippen LogP contribution in [0.4, 0.5) is 5.69 Å². The Kier molecular flexibility index (Phi) is 3.12. The van der Waals surface area contributed by atoms with Crippen LogP contribution in [0.3, 0.4) is 0 Å². The molecule has 0 aliphatic carbocycles. The average molecular weight is 263 g/mol. The van der Waals surface area contributed by atoms with Crippen molar-refractivity contribution >= 4 is 5.69 Å². The van der Waals surface area contributed by atoms with E-state index in [1.165, 1.54) is 23.4 Å². The lowest BCUT2D eigenvalue weighted by molar-refractivity contribution is -0.386. The SMILES string of the molecule is COc1cccc(-n2c(=O)c([N+](=O)[O-])c(C)n2C)c1. The molecule has 1 heterocycles. The number of nitrogens with zero attached hydrogens (tertiary/aromatic N) is 3. The van der Waals surface area contributed by atoms with Crippen LogP contribution in [0, 0.1) is 17.0 Å². The number of methoxy groups -OCH3 is 1. The van der Waals surface area contributed by atoms with Gasteiger partial charge in [0, 0.05) is 13.1 Å². The van der Waals surface area contributed by atoms with Gasteiger partial charge in [-0.05, 0) is 19.1 Å². The highest BCUT2D eigenvalue weighted by Crippen LogP contribution is 2.19. The Hall–Kier alpha value is -2.57. The van der Waals surface area contributed by atoms with Crippen molar-refractivity contribution in [3.05, 3.63) is 50.4 Å². The molecule has 2 aromatic rings. The zero-order valence-electron chi connectivity index (χ0n) is 10.8. The number of hydrogen-bond acceptors (Lipinski definition) is 4. The van der Waals surface area contributed by atoms with Crippen molar-refractivity contribution < 1.29 is 9.66 Å². The minimum Gasteiger partial charge on any atom is -0.497 e. The van der Waals surface area contributed by atoms with Crippen molar-refractivity contribution in [2.45, 2.75) is 6.92 Å². The summed E-state index contributed by atoms with van der Waals surface area (Å²) >= 11 is 0. The zero-order valence-corrected chi connectivity index (χ0v) is 10.8. The lowest BCUT2D eigenvalue weighted by atomic mass is 10.3. The summed E-state index contributed by atoms with van der Waals surface area (Å²) in [6, 6.07) is 6.78. The number of benzene rings is 1. The quantitative estimate of drug-likeness (QED) is 0.619. The smallest absolute Gasteiger partial charge is 0.356 e. The maximum Gasteiger partial charge on any atom is 0.356 e. The third-order valence-electron chi connectivity index (χ3n) is 3.00. The van der Waals surface area contributed by atoms with E-state index in [4.69, 9.17) is 4.74 Å². The van der Waals surface area contributed by atoms with Gasteiger partial charge in [-0.1, -0.05) is 6.07 Å². The average Bonchev–Trinajstić information content (AvgIpc) is 2.60. The summed E-state index contributed by atoms with van der Waals surface area (Å²) in [4.78, 5) is 22.4. The van der Waals surface area contributed by atoms with Gasteiger partial charge in [-0.25, -0.2) is 4.68 Å². The normalized spacial score (nSPS) is 10.5. The predicted octanol–water partition coefficient (Wildman–Crippen LogP) is 1.40. The van der Waals surface area contributed by atoms with E-state index in [1.54, 1.807) is 31.3 Å². The maximum absolute atomic E-state index is 12.1. The van der Waals surface area contributed by atoms with Crippen molar-refractivity contribution in [2.75, 3.05) is 7.11 Å². The van der Waals surface area contributed by atoms with Crippen LogP contribution in [0.1, 0.15) is 5.69 Å². The molecule has 0 N–H and O–H groups in total. The molecule has 0 bridgehead atoms. The van der Waals surface area contributed by atoms with Crippen LogP contribution >= 0.6 is 0 Å². The van der Waals surface area contributed by atoms with E-state index in [1.807, 2.05) is 0 Å². The van der Waals surface area contributed by atoms with Gasteiger partial charge in [-0.2, -0.15) is 0 Å². The lowest BCUT2D eigenvalue weighted by Gasteiger charge is -2.08. The summed E-state index contributed by atoms with van der Waals surface area (Å²) in [5.74, 6) is 0.575. The van der Waals surface area contributed by atoms with E-state index in [-0.39, 0.29) is 0 Å². The van der Waals surface area contributed by atoms with Gasteiger partial charge in [0.1, 0.15) is 11.4 Å². The second kappa shape index (κ2) is 4.60. The summed E-state index contributed by atoms with van der Waals surface area (Å²) in [7, 11) is 3.11.